The molecule has 0 aliphatic carbocycles. The summed E-state index contributed by atoms with van der Waals surface area (Å²) in [5, 5.41) is 9.81. The molecule has 2 aromatic carbocycles. The molecule has 0 amide bonds. The van der Waals surface area contributed by atoms with Gasteiger partial charge in [0.15, 0.2) is 5.78 Å². The molecule has 0 aliphatic heterocycles. The number of ketones is 1. The number of carbonyl (C=O) groups is 1. The summed E-state index contributed by atoms with van der Waals surface area (Å²) < 4.78 is 5.00. The second kappa shape index (κ2) is 6.75. The zero-order valence-electron chi connectivity index (χ0n) is 11.5. The highest BCUT2D eigenvalue weighted by atomic mass is 16.5. The van der Waals surface area contributed by atoms with Crippen LogP contribution in [0.2, 0.25) is 0 Å². The lowest BCUT2D eigenvalue weighted by molar-refractivity contribution is 0.0977. The van der Waals surface area contributed by atoms with Crippen molar-refractivity contribution < 1.29 is 14.6 Å². The molecule has 3 nitrogen and oxygen atoms in total. The van der Waals surface area contributed by atoms with E-state index in [0.29, 0.717) is 17.7 Å². The van der Waals surface area contributed by atoms with E-state index in [1.54, 1.807) is 12.1 Å². The van der Waals surface area contributed by atoms with Crippen LogP contribution in [0.15, 0.2) is 48.5 Å². The molecule has 0 fully saturated rings. The zero-order chi connectivity index (χ0) is 14.4. The summed E-state index contributed by atoms with van der Waals surface area (Å²) in [4.78, 5) is 12.1. The van der Waals surface area contributed by atoms with Gasteiger partial charge in [0.05, 0.1) is 12.7 Å². The molecule has 0 radical (unpaired) electrons. The Bertz CT molecular complexity index is 576. The molecule has 104 valence electrons. The van der Waals surface area contributed by atoms with Crippen LogP contribution in [0, 0.1) is 0 Å². The summed E-state index contributed by atoms with van der Waals surface area (Å²) in [5.41, 5.74) is 1.58. The summed E-state index contributed by atoms with van der Waals surface area (Å²) >= 11 is 0. The molecule has 0 aromatic heterocycles. The third kappa shape index (κ3) is 3.60. The average molecular weight is 270 g/mol. The van der Waals surface area contributed by atoms with Crippen LogP contribution in [0.5, 0.6) is 11.5 Å². The Morgan fingerprint density at radius 1 is 1.15 bits per heavy atom. The first-order valence-electron chi connectivity index (χ1n) is 6.65. The van der Waals surface area contributed by atoms with Gasteiger partial charge < -0.3 is 9.84 Å². The number of aryl methyl sites for hydroxylation is 1. The van der Waals surface area contributed by atoms with Gasteiger partial charge in [-0.05, 0) is 30.5 Å². The molecular weight excluding hydrogens is 252 g/mol. The number of Topliss-reactive ketones (excluding diaryl/α,β-unsaturated/α-hetero) is 1. The smallest absolute Gasteiger partial charge is 0.166 e. The van der Waals surface area contributed by atoms with E-state index in [-0.39, 0.29) is 11.5 Å². The predicted octanol–water partition coefficient (Wildman–Crippen LogP) is 3.61. The molecule has 0 unspecified atom stereocenters. The van der Waals surface area contributed by atoms with Crippen molar-refractivity contribution in [2.45, 2.75) is 19.3 Å². The number of carbonyl (C=O) groups excluding carboxylic acids is 1. The third-order valence-corrected chi connectivity index (χ3v) is 3.22. The van der Waals surface area contributed by atoms with Gasteiger partial charge in [0.25, 0.3) is 0 Å². The fraction of sp³-hybridized carbons (Fsp3) is 0.235. The quantitative estimate of drug-likeness (QED) is 0.816. The van der Waals surface area contributed by atoms with Gasteiger partial charge in [-0.25, -0.2) is 0 Å². The van der Waals surface area contributed by atoms with Crippen LogP contribution < -0.4 is 4.74 Å². The number of benzene rings is 2. The molecule has 2 aromatic rings. The summed E-state index contributed by atoms with van der Waals surface area (Å²) in [6.07, 6.45) is 2.06. The molecule has 0 atom stereocenters. The van der Waals surface area contributed by atoms with Crippen LogP contribution in [0.3, 0.4) is 0 Å². The van der Waals surface area contributed by atoms with Crippen LogP contribution in [0.4, 0.5) is 0 Å². The second-order valence-electron chi connectivity index (χ2n) is 4.65. The van der Waals surface area contributed by atoms with Gasteiger partial charge in [-0.2, -0.15) is 0 Å². The summed E-state index contributed by atoms with van der Waals surface area (Å²) in [7, 11) is 1.52. The maximum absolute atomic E-state index is 12.1. The Hall–Kier alpha value is -2.29. The van der Waals surface area contributed by atoms with E-state index in [0.717, 1.165) is 12.8 Å². The van der Waals surface area contributed by atoms with E-state index < -0.39 is 0 Å². The molecule has 0 saturated heterocycles. The number of aromatic hydroxyl groups is 1. The largest absolute Gasteiger partial charge is 0.507 e. The van der Waals surface area contributed by atoms with Crippen molar-refractivity contribution in [3.8, 4) is 11.5 Å². The van der Waals surface area contributed by atoms with Crippen molar-refractivity contribution in [3.63, 3.8) is 0 Å². The molecule has 20 heavy (non-hydrogen) atoms. The fourth-order valence-electron chi connectivity index (χ4n) is 2.11. The van der Waals surface area contributed by atoms with Crippen molar-refractivity contribution in [1.29, 1.82) is 0 Å². The fourth-order valence-corrected chi connectivity index (χ4v) is 2.11. The van der Waals surface area contributed by atoms with Gasteiger partial charge in [0.1, 0.15) is 11.5 Å². The minimum absolute atomic E-state index is 0.0194. The molecule has 0 aliphatic rings. The molecule has 3 heteroatoms. The monoisotopic (exact) mass is 270 g/mol. The van der Waals surface area contributed by atoms with Gasteiger partial charge in [-0.3, -0.25) is 4.79 Å². The molecular formula is C17H18O3. The molecule has 0 bridgehead atoms. The van der Waals surface area contributed by atoms with E-state index in [1.165, 1.54) is 18.7 Å². The topological polar surface area (TPSA) is 46.5 Å². The predicted molar refractivity (Wildman–Crippen MR) is 78.4 cm³/mol. The minimum atomic E-state index is -0.0407. The third-order valence-electron chi connectivity index (χ3n) is 3.22. The van der Waals surface area contributed by atoms with Crippen molar-refractivity contribution in [1.82, 2.24) is 0 Å². The maximum atomic E-state index is 12.1. The SMILES string of the molecule is COc1ccc(C(=O)CCCc2ccccc2)c(O)c1. The van der Waals surface area contributed by atoms with Crippen molar-refractivity contribution in [3.05, 3.63) is 59.7 Å². The standard InChI is InChI=1S/C17H18O3/c1-20-14-10-11-15(17(19)12-14)16(18)9-5-8-13-6-3-2-4-7-13/h2-4,6-7,10-12,19H,5,8-9H2,1H3. The minimum Gasteiger partial charge on any atom is -0.507 e. The van der Waals surface area contributed by atoms with Crippen molar-refractivity contribution >= 4 is 5.78 Å². The number of phenolic OH excluding ortho intramolecular Hbond substituents is 1. The van der Waals surface area contributed by atoms with Crippen LogP contribution in [-0.4, -0.2) is 18.0 Å². The maximum Gasteiger partial charge on any atom is 0.166 e. The van der Waals surface area contributed by atoms with E-state index in [9.17, 15) is 9.90 Å². The highest BCUT2D eigenvalue weighted by Gasteiger charge is 2.11. The first kappa shape index (κ1) is 14.1. The Kier molecular flexibility index (Phi) is 4.77. The summed E-state index contributed by atoms with van der Waals surface area (Å²) in [5.74, 6) is 0.485. The van der Waals surface area contributed by atoms with Crippen LogP contribution in [-0.2, 0) is 6.42 Å². The Labute approximate surface area is 118 Å². The average Bonchev–Trinajstić information content (AvgIpc) is 2.48. The van der Waals surface area contributed by atoms with E-state index in [4.69, 9.17) is 4.74 Å². The number of methoxy groups -OCH3 is 1. The first-order valence-corrected chi connectivity index (χ1v) is 6.65. The molecule has 0 spiro atoms. The number of ether oxygens (including phenoxy) is 1. The van der Waals surface area contributed by atoms with E-state index in [1.807, 2.05) is 18.2 Å². The Morgan fingerprint density at radius 3 is 2.55 bits per heavy atom. The Morgan fingerprint density at radius 2 is 1.90 bits per heavy atom. The van der Waals surface area contributed by atoms with Gasteiger partial charge >= 0.3 is 0 Å². The normalized spacial score (nSPS) is 10.2. The van der Waals surface area contributed by atoms with E-state index >= 15 is 0 Å². The highest BCUT2D eigenvalue weighted by molar-refractivity contribution is 5.98. The molecule has 0 saturated carbocycles. The lowest BCUT2D eigenvalue weighted by Gasteiger charge is -2.06. The van der Waals surface area contributed by atoms with Crippen LogP contribution >= 0.6 is 0 Å². The number of hydrogen-bond acceptors (Lipinski definition) is 3. The van der Waals surface area contributed by atoms with Gasteiger partial charge in [-0.15, -0.1) is 0 Å². The molecule has 0 heterocycles. The van der Waals surface area contributed by atoms with Crippen LogP contribution in [0.1, 0.15) is 28.8 Å². The second-order valence-corrected chi connectivity index (χ2v) is 4.65. The van der Waals surface area contributed by atoms with Crippen molar-refractivity contribution in [2.75, 3.05) is 7.11 Å². The number of phenols is 1. The Balaban J connectivity index is 1.92. The molecule has 1 N–H and O–H groups in total. The number of hydrogen-bond donors (Lipinski definition) is 1. The molecule has 2 rings (SSSR count). The van der Waals surface area contributed by atoms with Crippen molar-refractivity contribution in [2.24, 2.45) is 0 Å². The van der Waals surface area contributed by atoms with Crippen LogP contribution in [0.25, 0.3) is 0 Å². The number of rotatable bonds is 6. The first-order chi connectivity index (χ1) is 9.70. The van der Waals surface area contributed by atoms with Gasteiger partial charge in [0.2, 0.25) is 0 Å². The highest BCUT2D eigenvalue weighted by Crippen LogP contribution is 2.25. The van der Waals surface area contributed by atoms with Gasteiger partial charge in [0, 0.05) is 12.5 Å². The lowest BCUT2D eigenvalue weighted by atomic mass is 10.0. The van der Waals surface area contributed by atoms with Gasteiger partial charge in [-0.1, -0.05) is 30.3 Å². The zero-order valence-corrected chi connectivity index (χ0v) is 11.5. The summed E-state index contributed by atoms with van der Waals surface area (Å²) in [6.45, 7) is 0. The van der Waals surface area contributed by atoms with E-state index in [2.05, 4.69) is 12.1 Å². The lowest BCUT2D eigenvalue weighted by Crippen LogP contribution is -2.00. The summed E-state index contributed by atoms with van der Waals surface area (Å²) in [6, 6.07) is 14.8.